The Morgan fingerprint density at radius 2 is 1.96 bits per heavy atom. The van der Waals surface area contributed by atoms with Gasteiger partial charge in [0.15, 0.2) is 5.82 Å². The predicted octanol–water partition coefficient (Wildman–Crippen LogP) is 4.09. The van der Waals surface area contributed by atoms with Crippen LogP contribution in [-0.2, 0) is 0 Å². The number of carbonyl (C=O) groups excluding carboxylic acids is 1. The summed E-state index contributed by atoms with van der Waals surface area (Å²) in [5, 5.41) is 16.8. The van der Waals surface area contributed by atoms with Crippen molar-refractivity contribution in [3.63, 3.8) is 0 Å². The summed E-state index contributed by atoms with van der Waals surface area (Å²) in [7, 11) is 0. The van der Waals surface area contributed by atoms with Crippen LogP contribution < -0.4 is 5.32 Å². The van der Waals surface area contributed by atoms with Gasteiger partial charge in [-0.2, -0.15) is 10.2 Å². The first kappa shape index (κ1) is 15.3. The van der Waals surface area contributed by atoms with Crippen molar-refractivity contribution in [1.82, 2.24) is 20.4 Å². The van der Waals surface area contributed by atoms with Crippen LogP contribution in [0.25, 0.3) is 21.8 Å². The lowest BCUT2D eigenvalue weighted by molar-refractivity contribution is 0.102. The Hall–Kier alpha value is -3.19. The number of aromatic nitrogens is 4. The van der Waals surface area contributed by atoms with Crippen molar-refractivity contribution in [3.8, 4) is 21.8 Å². The molecule has 0 radical (unpaired) electrons. The molecular formula is C18H15N5OS. The van der Waals surface area contributed by atoms with Crippen molar-refractivity contribution in [3.05, 3.63) is 65.2 Å². The number of amides is 1. The number of anilines is 1. The quantitative estimate of drug-likeness (QED) is 0.519. The SMILES string of the molecule is Cc1ccc(-c2cc(NC(=O)c3cn[nH]c3-c3ccccc3)n[nH]2)s1. The lowest BCUT2D eigenvalue weighted by Gasteiger charge is -2.03. The summed E-state index contributed by atoms with van der Waals surface area (Å²) >= 11 is 1.67. The molecule has 0 atom stereocenters. The molecule has 1 amide bonds. The van der Waals surface area contributed by atoms with E-state index in [1.165, 1.54) is 11.1 Å². The van der Waals surface area contributed by atoms with Gasteiger partial charge in [-0.3, -0.25) is 15.0 Å². The molecule has 1 aromatic carbocycles. The average molecular weight is 349 g/mol. The number of nitrogens with zero attached hydrogens (tertiary/aromatic N) is 2. The van der Waals surface area contributed by atoms with Gasteiger partial charge in [0, 0.05) is 16.5 Å². The fourth-order valence-electron chi connectivity index (χ4n) is 2.56. The molecule has 25 heavy (non-hydrogen) atoms. The molecule has 0 saturated carbocycles. The van der Waals surface area contributed by atoms with Gasteiger partial charge in [-0.05, 0) is 19.1 Å². The third-order valence-electron chi connectivity index (χ3n) is 3.77. The largest absolute Gasteiger partial charge is 0.305 e. The minimum Gasteiger partial charge on any atom is -0.305 e. The number of aromatic amines is 2. The van der Waals surface area contributed by atoms with Crippen LogP contribution in [0.2, 0.25) is 0 Å². The molecule has 0 saturated heterocycles. The molecule has 4 rings (SSSR count). The first-order valence-corrected chi connectivity index (χ1v) is 8.55. The van der Waals surface area contributed by atoms with Crippen LogP contribution >= 0.6 is 11.3 Å². The highest BCUT2D eigenvalue weighted by molar-refractivity contribution is 7.15. The lowest BCUT2D eigenvalue weighted by Crippen LogP contribution is -2.12. The van der Waals surface area contributed by atoms with Gasteiger partial charge in [-0.25, -0.2) is 0 Å². The zero-order valence-corrected chi connectivity index (χ0v) is 14.2. The van der Waals surface area contributed by atoms with Crippen LogP contribution in [-0.4, -0.2) is 26.3 Å². The molecule has 7 heteroatoms. The van der Waals surface area contributed by atoms with Crippen molar-refractivity contribution >= 4 is 23.1 Å². The first-order chi connectivity index (χ1) is 12.2. The van der Waals surface area contributed by atoms with E-state index in [-0.39, 0.29) is 5.91 Å². The molecule has 3 N–H and O–H groups in total. The van der Waals surface area contributed by atoms with Crippen LogP contribution in [0.15, 0.2) is 54.7 Å². The summed E-state index contributed by atoms with van der Waals surface area (Å²) in [5.41, 5.74) is 2.94. The van der Waals surface area contributed by atoms with Gasteiger partial charge in [0.1, 0.15) is 0 Å². The Morgan fingerprint density at radius 3 is 2.72 bits per heavy atom. The van der Waals surface area contributed by atoms with Gasteiger partial charge in [0.25, 0.3) is 5.91 Å². The monoisotopic (exact) mass is 349 g/mol. The van der Waals surface area contributed by atoms with E-state index < -0.39 is 0 Å². The molecule has 0 bridgehead atoms. The summed E-state index contributed by atoms with van der Waals surface area (Å²) in [4.78, 5) is 14.9. The summed E-state index contributed by atoms with van der Waals surface area (Å²) in [6, 6.07) is 15.5. The Labute approximate surface area is 147 Å². The van der Waals surface area contributed by atoms with Gasteiger partial charge < -0.3 is 5.32 Å². The Balaban J connectivity index is 1.56. The second-order valence-electron chi connectivity index (χ2n) is 5.56. The third-order valence-corrected chi connectivity index (χ3v) is 4.81. The van der Waals surface area contributed by atoms with Crippen molar-refractivity contribution in [2.45, 2.75) is 6.92 Å². The fraction of sp³-hybridized carbons (Fsp3) is 0.0556. The predicted molar refractivity (Wildman–Crippen MR) is 98.6 cm³/mol. The number of hydrogen-bond donors (Lipinski definition) is 3. The maximum Gasteiger partial charge on any atom is 0.260 e. The molecule has 0 aliphatic heterocycles. The molecule has 3 aromatic heterocycles. The van der Waals surface area contributed by atoms with E-state index >= 15 is 0 Å². The highest BCUT2D eigenvalue weighted by Crippen LogP contribution is 2.28. The van der Waals surface area contributed by atoms with Crippen molar-refractivity contribution in [2.24, 2.45) is 0 Å². The standard InChI is InChI=1S/C18H15N5OS/c1-11-7-8-15(25-11)14-9-16(22-21-14)20-18(24)13-10-19-23-17(13)12-5-3-2-4-6-12/h2-10H,1H3,(H,19,23)(H2,20,21,22,24). The van der Waals surface area contributed by atoms with Gasteiger partial charge in [0.05, 0.1) is 28.0 Å². The highest BCUT2D eigenvalue weighted by atomic mass is 32.1. The summed E-state index contributed by atoms with van der Waals surface area (Å²) in [6.07, 6.45) is 1.52. The topological polar surface area (TPSA) is 86.5 Å². The maximum atomic E-state index is 12.6. The normalized spacial score (nSPS) is 10.8. The molecule has 6 nitrogen and oxygen atoms in total. The second-order valence-corrected chi connectivity index (χ2v) is 6.84. The van der Waals surface area contributed by atoms with E-state index in [9.17, 15) is 4.79 Å². The number of aryl methyl sites for hydroxylation is 1. The first-order valence-electron chi connectivity index (χ1n) is 7.73. The molecule has 124 valence electrons. The molecule has 0 fully saturated rings. The van der Waals surface area contributed by atoms with Crippen LogP contribution in [0.3, 0.4) is 0 Å². The van der Waals surface area contributed by atoms with E-state index in [1.54, 1.807) is 11.3 Å². The number of rotatable bonds is 4. The van der Waals surface area contributed by atoms with E-state index in [2.05, 4.69) is 38.7 Å². The molecule has 0 spiro atoms. The number of nitrogens with one attached hydrogen (secondary N) is 3. The zero-order chi connectivity index (χ0) is 17.2. The van der Waals surface area contributed by atoms with Gasteiger partial charge in [-0.15, -0.1) is 11.3 Å². The number of carbonyl (C=O) groups is 1. The maximum absolute atomic E-state index is 12.6. The molecule has 3 heterocycles. The van der Waals surface area contributed by atoms with Crippen LogP contribution in [0.4, 0.5) is 5.82 Å². The van der Waals surface area contributed by atoms with Gasteiger partial charge >= 0.3 is 0 Å². The van der Waals surface area contributed by atoms with E-state index in [0.29, 0.717) is 17.1 Å². The van der Waals surface area contributed by atoms with Gasteiger partial charge in [-0.1, -0.05) is 30.3 Å². The minimum absolute atomic E-state index is 0.256. The summed E-state index contributed by atoms with van der Waals surface area (Å²) in [6.45, 7) is 2.05. The second kappa shape index (κ2) is 6.37. The van der Waals surface area contributed by atoms with Gasteiger partial charge in [0.2, 0.25) is 0 Å². The molecule has 0 aliphatic carbocycles. The lowest BCUT2D eigenvalue weighted by atomic mass is 10.1. The molecule has 0 unspecified atom stereocenters. The van der Waals surface area contributed by atoms with Crippen molar-refractivity contribution < 1.29 is 4.79 Å². The minimum atomic E-state index is -0.256. The molecular weight excluding hydrogens is 334 g/mol. The van der Waals surface area contributed by atoms with Crippen LogP contribution in [0.1, 0.15) is 15.2 Å². The van der Waals surface area contributed by atoms with E-state index in [1.807, 2.05) is 42.5 Å². The van der Waals surface area contributed by atoms with Crippen LogP contribution in [0, 0.1) is 6.92 Å². The van der Waals surface area contributed by atoms with Crippen LogP contribution in [0.5, 0.6) is 0 Å². The Kier molecular flexibility index (Phi) is 3.91. The third kappa shape index (κ3) is 3.09. The average Bonchev–Trinajstić information content (AvgIpc) is 3.35. The summed E-state index contributed by atoms with van der Waals surface area (Å²) < 4.78 is 0. The number of H-pyrrole nitrogens is 2. The zero-order valence-electron chi connectivity index (χ0n) is 13.4. The van der Waals surface area contributed by atoms with E-state index in [4.69, 9.17) is 0 Å². The number of benzene rings is 1. The molecule has 4 aromatic rings. The Bertz CT molecular complexity index is 1010. The Morgan fingerprint density at radius 1 is 1.12 bits per heavy atom. The highest BCUT2D eigenvalue weighted by Gasteiger charge is 2.16. The number of thiophene rings is 1. The van der Waals surface area contributed by atoms with Crippen molar-refractivity contribution in [1.29, 1.82) is 0 Å². The van der Waals surface area contributed by atoms with Crippen molar-refractivity contribution in [2.75, 3.05) is 5.32 Å². The molecule has 0 aliphatic rings. The number of hydrogen-bond acceptors (Lipinski definition) is 4. The smallest absolute Gasteiger partial charge is 0.260 e. The summed E-state index contributed by atoms with van der Waals surface area (Å²) in [5.74, 6) is 0.222. The van der Waals surface area contributed by atoms with E-state index in [0.717, 1.165) is 16.1 Å². The fourth-order valence-corrected chi connectivity index (χ4v) is 3.39.